The maximum atomic E-state index is 13.7. The number of nitrogens with one attached hydrogen (secondary N) is 1. The molecule has 3 fully saturated rings. The number of rotatable bonds is 10. The zero-order valence-electron chi connectivity index (χ0n) is 21.0. The van der Waals surface area contributed by atoms with Gasteiger partial charge < -0.3 is 24.8 Å². The molecule has 0 aromatic heterocycles. The van der Waals surface area contributed by atoms with Crippen LogP contribution in [0.25, 0.3) is 0 Å². The van der Waals surface area contributed by atoms with Gasteiger partial charge in [0, 0.05) is 45.5 Å². The largest absolute Gasteiger partial charge is 0.385 e. The average Bonchev–Trinajstić information content (AvgIpc) is 3.49. The van der Waals surface area contributed by atoms with Gasteiger partial charge >= 0.3 is 0 Å². The van der Waals surface area contributed by atoms with Crippen LogP contribution in [0.5, 0.6) is 0 Å². The Labute approximate surface area is 209 Å². The van der Waals surface area contributed by atoms with E-state index in [0.29, 0.717) is 58.1 Å². The smallest absolute Gasteiger partial charge is 0.250 e. The van der Waals surface area contributed by atoms with Crippen molar-refractivity contribution in [3.05, 3.63) is 30.3 Å². The van der Waals surface area contributed by atoms with Gasteiger partial charge in [-0.2, -0.15) is 0 Å². The molecule has 0 bridgehead atoms. The van der Waals surface area contributed by atoms with Crippen molar-refractivity contribution in [3.8, 4) is 0 Å². The van der Waals surface area contributed by atoms with E-state index in [0.717, 1.165) is 18.5 Å². The predicted octanol–water partition coefficient (Wildman–Crippen LogP) is 2.78. The molecule has 1 aliphatic carbocycles. The zero-order chi connectivity index (χ0) is 24.7. The number of nitrogens with zero attached hydrogens (tertiary/aromatic N) is 3. The molecule has 4 rings (SSSR count). The molecular formula is C27H40N4O4. The van der Waals surface area contributed by atoms with Crippen LogP contribution in [0.15, 0.2) is 30.3 Å². The van der Waals surface area contributed by atoms with Gasteiger partial charge in [0.15, 0.2) is 0 Å². The van der Waals surface area contributed by atoms with Crippen LogP contribution < -0.4 is 10.2 Å². The third kappa shape index (κ3) is 5.97. The third-order valence-electron chi connectivity index (χ3n) is 7.95. The van der Waals surface area contributed by atoms with Gasteiger partial charge in [-0.25, -0.2) is 0 Å². The summed E-state index contributed by atoms with van der Waals surface area (Å²) >= 11 is 0. The fourth-order valence-electron chi connectivity index (χ4n) is 5.91. The van der Waals surface area contributed by atoms with Gasteiger partial charge in [0.1, 0.15) is 12.1 Å². The first-order chi connectivity index (χ1) is 17.0. The van der Waals surface area contributed by atoms with Crippen LogP contribution in [0.2, 0.25) is 0 Å². The number of para-hydroxylation sites is 1. The molecule has 3 amide bonds. The van der Waals surface area contributed by atoms with E-state index in [1.807, 2.05) is 35.2 Å². The lowest BCUT2D eigenvalue weighted by Gasteiger charge is -2.43. The number of ether oxygens (including phenoxy) is 1. The zero-order valence-corrected chi connectivity index (χ0v) is 21.0. The Kier molecular flexibility index (Phi) is 8.65. The van der Waals surface area contributed by atoms with Crippen molar-refractivity contribution in [2.45, 2.75) is 63.3 Å². The molecule has 2 saturated heterocycles. The van der Waals surface area contributed by atoms with Crippen LogP contribution in [-0.2, 0) is 19.1 Å². The van der Waals surface area contributed by atoms with Gasteiger partial charge in [-0.1, -0.05) is 43.9 Å². The second-order valence-corrected chi connectivity index (χ2v) is 10.2. The van der Waals surface area contributed by atoms with Crippen molar-refractivity contribution in [1.82, 2.24) is 15.1 Å². The minimum Gasteiger partial charge on any atom is -0.385 e. The fourth-order valence-corrected chi connectivity index (χ4v) is 5.91. The molecule has 8 heteroatoms. The Hall–Kier alpha value is -2.61. The third-order valence-corrected chi connectivity index (χ3v) is 7.95. The van der Waals surface area contributed by atoms with E-state index in [4.69, 9.17) is 4.74 Å². The molecule has 1 aromatic rings. The summed E-state index contributed by atoms with van der Waals surface area (Å²) in [5.74, 6) is 0.760. The first-order valence-corrected chi connectivity index (χ1v) is 13.2. The van der Waals surface area contributed by atoms with E-state index in [9.17, 15) is 14.4 Å². The molecule has 1 saturated carbocycles. The minimum absolute atomic E-state index is 0.00792. The highest BCUT2D eigenvalue weighted by molar-refractivity contribution is 5.96. The lowest BCUT2D eigenvalue weighted by Crippen LogP contribution is -2.57. The lowest BCUT2D eigenvalue weighted by molar-refractivity contribution is -0.140. The number of amides is 3. The molecule has 0 atom stereocenters. The Bertz CT molecular complexity index is 863. The molecule has 3 aliphatic rings. The normalized spacial score (nSPS) is 20.1. The highest BCUT2D eigenvalue weighted by atomic mass is 16.5. The van der Waals surface area contributed by atoms with Crippen molar-refractivity contribution in [3.63, 3.8) is 0 Å². The summed E-state index contributed by atoms with van der Waals surface area (Å²) < 4.78 is 5.03. The molecule has 0 radical (unpaired) electrons. The topological polar surface area (TPSA) is 82.2 Å². The van der Waals surface area contributed by atoms with E-state index in [2.05, 4.69) is 10.2 Å². The summed E-state index contributed by atoms with van der Waals surface area (Å²) in [5, 5.41) is 2.89. The summed E-state index contributed by atoms with van der Waals surface area (Å²) in [4.78, 5) is 44.9. The maximum absolute atomic E-state index is 13.7. The van der Waals surface area contributed by atoms with E-state index < -0.39 is 5.54 Å². The number of hydrogen-bond acceptors (Lipinski definition) is 5. The summed E-state index contributed by atoms with van der Waals surface area (Å²) in [7, 11) is 1.64. The SMILES string of the molecule is COCCCNC(=O)CN1CN(c2ccccc2)C2(CCN(C(=O)CCC3CCCC3)CC2)C1=O. The van der Waals surface area contributed by atoms with Crippen LogP contribution in [-0.4, -0.2) is 79.6 Å². The van der Waals surface area contributed by atoms with Crippen LogP contribution in [0.3, 0.4) is 0 Å². The molecule has 2 heterocycles. The van der Waals surface area contributed by atoms with Gasteiger partial charge in [-0.15, -0.1) is 0 Å². The summed E-state index contributed by atoms with van der Waals surface area (Å²) in [6.07, 6.45) is 8.62. The molecule has 35 heavy (non-hydrogen) atoms. The molecule has 1 spiro atoms. The van der Waals surface area contributed by atoms with Crippen molar-refractivity contribution in [2.24, 2.45) is 5.92 Å². The second-order valence-electron chi connectivity index (χ2n) is 10.2. The van der Waals surface area contributed by atoms with Gasteiger partial charge in [-0.05, 0) is 43.7 Å². The van der Waals surface area contributed by atoms with Crippen molar-refractivity contribution >= 4 is 23.4 Å². The van der Waals surface area contributed by atoms with Gasteiger partial charge in [0.25, 0.3) is 5.91 Å². The number of hydrogen-bond donors (Lipinski definition) is 1. The fraction of sp³-hybridized carbons (Fsp3) is 0.667. The Morgan fingerprint density at radius 1 is 1.11 bits per heavy atom. The molecule has 1 aromatic carbocycles. The predicted molar refractivity (Wildman–Crippen MR) is 135 cm³/mol. The van der Waals surface area contributed by atoms with Crippen molar-refractivity contribution < 1.29 is 19.1 Å². The van der Waals surface area contributed by atoms with E-state index in [1.54, 1.807) is 12.0 Å². The number of carbonyl (C=O) groups excluding carboxylic acids is 3. The van der Waals surface area contributed by atoms with Crippen LogP contribution in [0.1, 0.15) is 57.8 Å². The highest BCUT2D eigenvalue weighted by Crippen LogP contribution is 2.39. The van der Waals surface area contributed by atoms with E-state index in [1.165, 1.54) is 25.7 Å². The summed E-state index contributed by atoms with van der Waals surface area (Å²) in [6, 6.07) is 9.94. The molecule has 1 N–H and O–H groups in total. The van der Waals surface area contributed by atoms with E-state index in [-0.39, 0.29) is 24.3 Å². The number of anilines is 1. The molecule has 8 nitrogen and oxygen atoms in total. The van der Waals surface area contributed by atoms with Gasteiger partial charge in [0.05, 0.1) is 6.67 Å². The first kappa shape index (κ1) is 25.5. The Morgan fingerprint density at radius 2 is 1.83 bits per heavy atom. The molecule has 2 aliphatic heterocycles. The average molecular weight is 485 g/mol. The van der Waals surface area contributed by atoms with Crippen LogP contribution in [0.4, 0.5) is 5.69 Å². The van der Waals surface area contributed by atoms with Gasteiger partial charge in [0.2, 0.25) is 11.8 Å². The Morgan fingerprint density at radius 3 is 2.51 bits per heavy atom. The molecule has 192 valence electrons. The highest BCUT2D eigenvalue weighted by Gasteiger charge is 2.54. The van der Waals surface area contributed by atoms with Crippen molar-refractivity contribution in [1.29, 1.82) is 0 Å². The van der Waals surface area contributed by atoms with Crippen LogP contribution >= 0.6 is 0 Å². The standard InChI is InChI=1S/C27H40N4O4/c1-35-19-7-16-28-24(32)20-30-21-31(23-10-3-2-4-11-23)27(26(30)34)14-17-29(18-15-27)25(33)13-12-22-8-5-6-9-22/h2-4,10-11,22H,5-9,12-21H2,1H3,(H,28,32). The first-order valence-electron chi connectivity index (χ1n) is 13.2. The van der Waals surface area contributed by atoms with Crippen LogP contribution in [0, 0.1) is 5.92 Å². The monoisotopic (exact) mass is 484 g/mol. The van der Waals surface area contributed by atoms with E-state index >= 15 is 0 Å². The number of carbonyl (C=O) groups is 3. The lowest BCUT2D eigenvalue weighted by atomic mass is 9.85. The quantitative estimate of drug-likeness (QED) is 0.517. The summed E-state index contributed by atoms with van der Waals surface area (Å²) in [6.45, 7) is 2.69. The summed E-state index contributed by atoms with van der Waals surface area (Å²) in [5.41, 5.74) is 0.268. The number of likely N-dealkylation sites (tertiary alicyclic amines) is 1. The maximum Gasteiger partial charge on any atom is 0.250 e. The van der Waals surface area contributed by atoms with Crippen molar-refractivity contribution in [2.75, 3.05) is 51.5 Å². The number of piperidine rings is 1. The minimum atomic E-state index is -0.708. The Balaban J connectivity index is 1.40. The second kappa shape index (κ2) is 11.9. The number of benzene rings is 1. The molecular weight excluding hydrogens is 444 g/mol. The van der Waals surface area contributed by atoms with Gasteiger partial charge in [-0.3, -0.25) is 14.4 Å². The molecule has 0 unspecified atom stereocenters. The number of methoxy groups -OCH3 is 1.